The normalized spacial score (nSPS) is 18.6. The highest BCUT2D eigenvalue weighted by Gasteiger charge is 2.35. The Bertz CT molecular complexity index is 2170. The summed E-state index contributed by atoms with van der Waals surface area (Å²) in [5, 5.41) is 15.9. The molecular formula is C37H40F4N8O3. The average molecular weight is 721 g/mol. The Morgan fingerprint density at radius 1 is 1.08 bits per heavy atom. The number of benzene rings is 2. The standard InChI is InChI=1S/C30H28F3N7O3.C7H12FN/c1-5-17-20(31)8-7-15-11-16(41)12-18(22(15)17)25-24(33)26-19(13-34-25)28(36-30(35-26)43-4)39-9-6-10-40-21(14-39)23(32)27(37-40)29(42)38(2)3;8-6-4-7-2-1-3-9(7)5-6/h7-8,11-13,41H,5-6,9-10,14H2,1-4H3;6-7H,1-5H2. The van der Waals surface area contributed by atoms with Gasteiger partial charge < -0.3 is 19.6 Å². The Morgan fingerprint density at radius 2 is 1.88 bits per heavy atom. The number of carbonyl (C=O) groups excluding carboxylic acids is 1. The molecule has 15 heteroatoms. The Morgan fingerprint density at radius 3 is 2.62 bits per heavy atom. The average Bonchev–Trinajstić information content (AvgIpc) is 3.75. The van der Waals surface area contributed by atoms with Crippen molar-refractivity contribution in [3.05, 3.63) is 64.9 Å². The minimum absolute atomic E-state index is 0.00544. The molecule has 5 aromatic rings. The zero-order chi connectivity index (χ0) is 36.8. The molecule has 1 amide bonds. The molecular weight excluding hydrogens is 680 g/mol. The number of amides is 1. The highest BCUT2D eigenvalue weighted by Crippen LogP contribution is 2.39. The highest BCUT2D eigenvalue weighted by atomic mass is 19.1. The number of halogens is 4. The molecule has 3 aliphatic rings. The van der Waals surface area contributed by atoms with Crippen LogP contribution in [-0.4, -0.2) is 98.6 Å². The van der Waals surface area contributed by atoms with Crippen molar-refractivity contribution in [1.29, 1.82) is 0 Å². The van der Waals surface area contributed by atoms with Crippen LogP contribution in [0, 0.1) is 17.5 Å². The van der Waals surface area contributed by atoms with E-state index in [1.807, 2.05) is 0 Å². The van der Waals surface area contributed by atoms with E-state index < -0.39 is 29.5 Å². The van der Waals surface area contributed by atoms with Crippen LogP contribution >= 0.6 is 0 Å². The van der Waals surface area contributed by atoms with E-state index in [4.69, 9.17) is 4.74 Å². The van der Waals surface area contributed by atoms with Crippen molar-refractivity contribution in [2.75, 3.05) is 45.7 Å². The van der Waals surface area contributed by atoms with Crippen molar-refractivity contribution >= 4 is 33.4 Å². The second-order valence-electron chi connectivity index (χ2n) is 13.6. The van der Waals surface area contributed by atoms with E-state index in [-0.39, 0.29) is 57.7 Å². The van der Waals surface area contributed by atoms with E-state index in [1.54, 1.807) is 11.8 Å². The van der Waals surface area contributed by atoms with Crippen molar-refractivity contribution in [3.63, 3.8) is 0 Å². The van der Waals surface area contributed by atoms with E-state index in [0.717, 1.165) is 13.0 Å². The van der Waals surface area contributed by atoms with Crippen molar-refractivity contribution in [2.24, 2.45) is 0 Å². The molecule has 52 heavy (non-hydrogen) atoms. The van der Waals surface area contributed by atoms with Crippen LogP contribution in [-0.2, 0) is 19.5 Å². The number of anilines is 1. The summed E-state index contributed by atoms with van der Waals surface area (Å²) in [4.78, 5) is 31.0. The van der Waals surface area contributed by atoms with Crippen LogP contribution in [0.25, 0.3) is 32.9 Å². The number of pyridine rings is 1. The summed E-state index contributed by atoms with van der Waals surface area (Å²) in [6.45, 7) is 4.42. The van der Waals surface area contributed by atoms with Crippen LogP contribution in [0.4, 0.5) is 23.4 Å². The third kappa shape index (κ3) is 6.35. The Balaban J connectivity index is 0.000000404. The number of aryl methyl sites for hydroxylation is 2. The van der Waals surface area contributed by atoms with Gasteiger partial charge in [0.25, 0.3) is 5.91 Å². The molecule has 1 N–H and O–H groups in total. The fourth-order valence-corrected chi connectivity index (χ4v) is 7.61. The largest absolute Gasteiger partial charge is 0.508 e. The first kappa shape index (κ1) is 35.4. The summed E-state index contributed by atoms with van der Waals surface area (Å²) < 4.78 is 66.1. The fourth-order valence-electron chi connectivity index (χ4n) is 7.61. The lowest BCUT2D eigenvalue weighted by Crippen LogP contribution is -2.26. The molecule has 274 valence electrons. The molecule has 3 aromatic heterocycles. The predicted octanol–water partition coefficient (Wildman–Crippen LogP) is 6.04. The number of phenols is 1. The predicted molar refractivity (Wildman–Crippen MR) is 188 cm³/mol. The lowest BCUT2D eigenvalue weighted by Gasteiger charge is -2.23. The number of aromatic hydroxyl groups is 1. The number of nitrogens with zero attached hydrogens (tertiary/aromatic N) is 8. The molecule has 11 nitrogen and oxygen atoms in total. The molecule has 2 unspecified atom stereocenters. The van der Waals surface area contributed by atoms with Crippen molar-refractivity contribution in [3.8, 4) is 23.0 Å². The number of hydrogen-bond donors (Lipinski definition) is 1. The lowest BCUT2D eigenvalue weighted by molar-refractivity contribution is 0.0816. The monoisotopic (exact) mass is 720 g/mol. The molecule has 0 aliphatic carbocycles. The van der Waals surface area contributed by atoms with Gasteiger partial charge in [0.1, 0.15) is 34.8 Å². The maximum absolute atomic E-state index is 16.4. The van der Waals surface area contributed by atoms with Gasteiger partial charge in [-0.15, -0.1) is 0 Å². The zero-order valence-corrected chi connectivity index (χ0v) is 29.5. The molecule has 0 radical (unpaired) electrons. The Hall–Kier alpha value is -5.05. The molecule has 8 rings (SSSR count). The van der Waals surface area contributed by atoms with Crippen LogP contribution in [0.2, 0.25) is 0 Å². The number of phenolic OH excluding ortho intramolecular Hbond substituents is 1. The van der Waals surface area contributed by atoms with Gasteiger partial charge in [-0.05, 0) is 73.2 Å². The van der Waals surface area contributed by atoms with Crippen LogP contribution in [0.5, 0.6) is 11.8 Å². The minimum atomic E-state index is -0.817. The second kappa shape index (κ2) is 14.2. The van der Waals surface area contributed by atoms with E-state index in [2.05, 4.69) is 25.0 Å². The summed E-state index contributed by atoms with van der Waals surface area (Å²) in [7, 11) is 4.39. The van der Waals surface area contributed by atoms with Gasteiger partial charge in [0.15, 0.2) is 17.3 Å². The number of alkyl halides is 1. The summed E-state index contributed by atoms with van der Waals surface area (Å²) >= 11 is 0. The molecule has 2 fully saturated rings. The van der Waals surface area contributed by atoms with Crippen molar-refractivity contribution in [2.45, 2.75) is 64.3 Å². The van der Waals surface area contributed by atoms with Crippen LogP contribution < -0.4 is 9.64 Å². The zero-order valence-electron chi connectivity index (χ0n) is 29.5. The smallest absolute Gasteiger partial charge is 0.318 e. The molecule has 0 saturated carbocycles. The molecule has 2 aromatic carbocycles. The number of aromatic nitrogens is 5. The van der Waals surface area contributed by atoms with E-state index in [0.29, 0.717) is 54.9 Å². The molecule has 0 bridgehead atoms. The topological polar surface area (TPSA) is 113 Å². The first-order valence-electron chi connectivity index (χ1n) is 17.4. The first-order valence-corrected chi connectivity index (χ1v) is 17.4. The van der Waals surface area contributed by atoms with Gasteiger partial charge in [-0.2, -0.15) is 15.1 Å². The van der Waals surface area contributed by atoms with Gasteiger partial charge >= 0.3 is 6.01 Å². The van der Waals surface area contributed by atoms with E-state index >= 15 is 8.78 Å². The summed E-state index contributed by atoms with van der Waals surface area (Å²) in [6.07, 6.45) is 5.09. The Labute approximate surface area is 297 Å². The Kier molecular flexibility index (Phi) is 9.63. The first-order chi connectivity index (χ1) is 25.0. The van der Waals surface area contributed by atoms with E-state index in [1.165, 1.54) is 74.1 Å². The van der Waals surface area contributed by atoms with Crippen LogP contribution in [0.1, 0.15) is 54.4 Å². The maximum Gasteiger partial charge on any atom is 0.318 e. The number of methoxy groups -OCH3 is 1. The van der Waals surface area contributed by atoms with Gasteiger partial charge in [-0.25, -0.2) is 17.6 Å². The van der Waals surface area contributed by atoms with Crippen molar-refractivity contribution < 1.29 is 32.2 Å². The molecule has 0 spiro atoms. The van der Waals surface area contributed by atoms with Crippen LogP contribution in [0.15, 0.2) is 30.5 Å². The molecule has 6 heterocycles. The summed E-state index contributed by atoms with van der Waals surface area (Å²) in [5.41, 5.74) is 0.255. The number of hydrogen-bond acceptors (Lipinski definition) is 9. The number of ether oxygens (including phenoxy) is 1. The van der Waals surface area contributed by atoms with Crippen LogP contribution in [0.3, 0.4) is 0 Å². The number of rotatable bonds is 5. The van der Waals surface area contributed by atoms with Gasteiger partial charge in [0, 0.05) is 51.5 Å². The van der Waals surface area contributed by atoms with Gasteiger partial charge in [-0.3, -0.25) is 19.4 Å². The van der Waals surface area contributed by atoms with E-state index in [9.17, 15) is 18.7 Å². The third-order valence-electron chi connectivity index (χ3n) is 10.1. The highest BCUT2D eigenvalue weighted by molar-refractivity contribution is 6.01. The second-order valence-corrected chi connectivity index (χ2v) is 13.6. The van der Waals surface area contributed by atoms with Gasteiger partial charge in [0.2, 0.25) is 0 Å². The number of carbonyl (C=O) groups is 1. The molecule has 2 atom stereocenters. The SMILES string of the molecule is CCc1c(F)ccc2cc(O)cc(-c3ncc4c(N5CCCn6nc(C(=O)N(C)C)c(F)c6C5)nc(OC)nc4c3F)c12.FC1CC2CCCN2C1. The lowest BCUT2D eigenvalue weighted by atomic mass is 9.94. The van der Waals surface area contributed by atoms with Crippen molar-refractivity contribution in [1.82, 2.24) is 34.5 Å². The summed E-state index contributed by atoms with van der Waals surface area (Å²) in [5.74, 6) is -2.41. The quantitative estimate of drug-likeness (QED) is 0.217. The molecule has 2 saturated heterocycles. The van der Waals surface area contributed by atoms with Gasteiger partial charge in [0.05, 0.1) is 24.7 Å². The number of fused-ring (bicyclic) bond motifs is 4. The third-order valence-corrected chi connectivity index (χ3v) is 10.1. The minimum Gasteiger partial charge on any atom is -0.508 e. The molecule has 3 aliphatic heterocycles. The summed E-state index contributed by atoms with van der Waals surface area (Å²) in [6, 6.07) is 6.16. The fraction of sp³-hybridized carbons (Fsp3) is 0.432. The van der Waals surface area contributed by atoms with Gasteiger partial charge in [-0.1, -0.05) is 13.0 Å². The maximum atomic E-state index is 16.4.